The number of hydrogen-bond donors (Lipinski definition) is 4. The van der Waals surface area contributed by atoms with E-state index in [0.717, 1.165) is 5.56 Å². The molecule has 1 atom stereocenters. The summed E-state index contributed by atoms with van der Waals surface area (Å²) in [7, 11) is 0. The van der Waals surface area contributed by atoms with Gasteiger partial charge in [0, 0.05) is 17.8 Å². The van der Waals surface area contributed by atoms with Crippen LogP contribution in [0.1, 0.15) is 28.8 Å². The molecule has 0 unspecified atom stereocenters. The first-order valence-corrected chi connectivity index (χ1v) is 6.87. The van der Waals surface area contributed by atoms with Crippen molar-refractivity contribution in [2.24, 2.45) is 11.5 Å². The molecular weight excluding hydrogens is 288 g/mol. The molecule has 6 N–H and O–H groups in total. The van der Waals surface area contributed by atoms with E-state index in [0.29, 0.717) is 30.6 Å². The Morgan fingerprint density at radius 3 is 2.86 bits per heavy atom. The second-order valence-electron chi connectivity index (χ2n) is 4.98. The molecule has 8 nitrogen and oxygen atoms in total. The van der Waals surface area contributed by atoms with Gasteiger partial charge >= 0.3 is 12.0 Å². The zero-order valence-corrected chi connectivity index (χ0v) is 11.9. The molecular formula is C14H18N4O4. The number of cyclic esters (lactones) is 1. The molecule has 2 rings (SSSR count). The third-order valence-corrected chi connectivity index (χ3v) is 3.28. The number of carbonyl (C=O) groups excluding carboxylic acids is 3. The Hall–Kier alpha value is -2.61. The number of hydrogen-bond acceptors (Lipinski definition) is 5. The summed E-state index contributed by atoms with van der Waals surface area (Å²) in [4.78, 5) is 33.9. The zero-order chi connectivity index (χ0) is 16.1. The van der Waals surface area contributed by atoms with Crippen molar-refractivity contribution in [3.8, 4) is 0 Å². The molecule has 8 heteroatoms. The van der Waals surface area contributed by atoms with Crippen LogP contribution in [-0.4, -0.2) is 30.5 Å². The van der Waals surface area contributed by atoms with Crippen molar-refractivity contribution in [1.29, 1.82) is 0 Å². The number of ether oxygens (including phenoxy) is 1. The van der Waals surface area contributed by atoms with Crippen LogP contribution in [0.2, 0.25) is 0 Å². The van der Waals surface area contributed by atoms with Crippen molar-refractivity contribution < 1.29 is 19.1 Å². The van der Waals surface area contributed by atoms with Gasteiger partial charge in [0.15, 0.2) is 0 Å². The standard InChI is InChI=1S/C14H18N4O4/c15-11(2-1-5-17-14(16)21)12(19)18-9-4-3-8-7-22-13(20)10(8)6-9/h3-4,6,11H,1-2,5,7,15H2,(H,18,19)(H3,16,17,21)/t11-/m0/s1. The van der Waals surface area contributed by atoms with Gasteiger partial charge in [-0.2, -0.15) is 0 Å². The average molecular weight is 306 g/mol. The average Bonchev–Trinajstić information content (AvgIpc) is 2.84. The number of primary amides is 1. The minimum atomic E-state index is -0.713. The minimum Gasteiger partial charge on any atom is -0.457 e. The van der Waals surface area contributed by atoms with Crippen molar-refractivity contribution in [2.75, 3.05) is 11.9 Å². The van der Waals surface area contributed by atoms with E-state index in [-0.39, 0.29) is 12.5 Å². The van der Waals surface area contributed by atoms with Gasteiger partial charge in [-0.05, 0) is 25.0 Å². The summed E-state index contributed by atoms with van der Waals surface area (Å²) in [6, 6.07) is 3.68. The molecule has 0 aromatic heterocycles. The monoisotopic (exact) mass is 306 g/mol. The minimum absolute atomic E-state index is 0.259. The fraction of sp³-hybridized carbons (Fsp3) is 0.357. The Bertz CT molecular complexity index is 603. The smallest absolute Gasteiger partial charge is 0.338 e. The van der Waals surface area contributed by atoms with E-state index in [9.17, 15) is 14.4 Å². The van der Waals surface area contributed by atoms with Gasteiger partial charge in [0.1, 0.15) is 6.61 Å². The van der Waals surface area contributed by atoms with E-state index in [1.54, 1.807) is 18.2 Å². The maximum atomic E-state index is 12.0. The van der Waals surface area contributed by atoms with Gasteiger partial charge in [-0.1, -0.05) is 6.07 Å². The summed E-state index contributed by atoms with van der Waals surface area (Å²) < 4.78 is 4.89. The number of amides is 3. The van der Waals surface area contributed by atoms with Crippen molar-refractivity contribution in [2.45, 2.75) is 25.5 Å². The molecule has 0 saturated carbocycles. The van der Waals surface area contributed by atoms with Crippen molar-refractivity contribution in [1.82, 2.24) is 5.32 Å². The number of carbonyl (C=O) groups is 3. The Kier molecular flexibility index (Phi) is 4.95. The van der Waals surface area contributed by atoms with E-state index in [4.69, 9.17) is 16.2 Å². The summed E-state index contributed by atoms with van der Waals surface area (Å²) in [5.74, 6) is -0.752. The van der Waals surface area contributed by atoms with Crippen LogP contribution in [0.3, 0.4) is 0 Å². The van der Waals surface area contributed by atoms with Gasteiger partial charge < -0.3 is 26.8 Å². The quantitative estimate of drug-likeness (QED) is 0.435. The first kappa shape index (κ1) is 15.8. The molecule has 0 aliphatic carbocycles. The molecule has 22 heavy (non-hydrogen) atoms. The van der Waals surface area contributed by atoms with Crippen LogP contribution in [0.15, 0.2) is 18.2 Å². The van der Waals surface area contributed by atoms with Crippen LogP contribution in [0, 0.1) is 0 Å². The third kappa shape index (κ3) is 3.95. The third-order valence-electron chi connectivity index (χ3n) is 3.28. The topological polar surface area (TPSA) is 137 Å². The largest absolute Gasteiger partial charge is 0.457 e. The lowest BCUT2D eigenvalue weighted by molar-refractivity contribution is -0.117. The van der Waals surface area contributed by atoms with Crippen LogP contribution in [-0.2, 0) is 16.1 Å². The van der Waals surface area contributed by atoms with Gasteiger partial charge in [0.2, 0.25) is 5.91 Å². The fourth-order valence-electron chi connectivity index (χ4n) is 2.09. The summed E-state index contributed by atoms with van der Waals surface area (Å²) in [5, 5.41) is 5.08. The van der Waals surface area contributed by atoms with E-state index < -0.39 is 18.0 Å². The van der Waals surface area contributed by atoms with Crippen LogP contribution < -0.4 is 22.1 Å². The molecule has 1 aromatic rings. The molecule has 3 amide bonds. The van der Waals surface area contributed by atoms with E-state index in [2.05, 4.69) is 10.6 Å². The van der Waals surface area contributed by atoms with Gasteiger partial charge in [-0.15, -0.1) is 0 Å². The molecule has 1 aliphatic heterocycles. The number of anilines is 1. The Morgan fingerprint density at radius 1 is 1.36 bits per heavy atom. The Balaban J connectivity index is 1.85. The van der Waals surface area contributed by atoms with Crippen LogP contribution in [0.25, 0.3) is 0 Å². The fourth-order valence-corrected chi connectivity index (χ4v) is 2.09. The number of fused-ring (bicyclic) bond motifs is 1. The van der Waals surface area contributed by atoms with Gasteiger partial charge in [0.05, 0.1) is 11.6 Å². The highest BCUT2D eigenvalue weighted by Crippen LogP contribution is 2.23. The molecule has 118 valence electrons. The lowest BCUT2D eigenvalue weighted by atomic mass is 10.1. The number of esters is 1. The maximum absolute atomic E-state index is 12.0. The first-order valence-electron chi connectivity index (χ1n) is 6.87. The first-order chi connectivity index (χ1) is 10.5. The van der Waals surface area contributed by atoms with Gasteiger partial charge in [-0.3, -0.25) is 4.79 Å². The molecule has 0 spiro atoms. The Morgan fingerprint density at radius 2 is 2.14 bits per heavy atom. The van der Waals surface area contributed by atoms with E-state index in [1.165, 1.54) is 0 Å². The number of benzene rings is 1. The van der Waals surface area contributed by atoms with Crippen molar-refractivity contribution in [3.63, 3.8) is 0 Å². The number of nitrogens with two attached hydrogens (primary N) is 2. The number of nitrogens with one attached hydrogen (secondary N) is 2. The molecule has 0 bridgehead atoms. The normalized spacial score (nSPS) is 14.0. The predicted molar refractivity (Wildman–Crippen MR) is 79.0 cm³/mol. The highest BCUT2D eigenvalue weighted by Gasteiger charge is 2.22. The molecule has 1 aliphatic rings. The van der Waals surface area contributed by atoms with E-state index >= 15 is 0 Å². The molecule has 0 fully saturated rings. The Labute approximate surface area is 127 Å². The van der Waals surface area contributed by atoms with E-state index in [1.807, 2.05) is 0 Å². The summed E-state index contributed by atoms with van der Waals surface area (Å²) >= 11 is 0. The summed E-state index contributed by atoms with van der Waals surface area (Å²) in [5.41, 5.74) is 12.4. The van der Waals surface area contributed by atoms with Crippen LogP contribution in [0.5, 0.6) is 0 Å². The molecule has 1 heterocycles. The van der Waals surface area contributed by atoms with Crippen molar-refractivity contribution >= 4 is 23.6 Å². The lowest BCUT2D eigenvalue weighted by Gasteiger charge is -2.12. The summed E-state index contributed by atoms with van der Waals surface area (Å²) in [6.07, 6.45) is 0.938. The lowest BCUT2D eigenvalue weighted by Crippen LogP contribution is -2.37. The highest BCUT2D eigenvalue weighted by molar-refractivity contribution is 5.98. The zero-order valence-electron chi connectivity index (χ0n) is 11.9. The van der Waals surface area contributed by atoms with Crippen LogP contribution >= 0.6 is 0 Å². The SMILES string of the molecule is NC(=O)NCCC[C@H](N)C(=O)Nc1ccc2c(c1)C(=O)OC2. The second-order valence-corrected chi connectivity index (χ2v) is 4.98. The van der Waals surface area contributed by atoms with Gasteiger partial charge in [-0.25, -0.2) is 9.59 Å². The molecule has 0 radical (unpaired) electrons. The number of rotatable bonds is 6. The highest BCUT2D eigenvalue weighted by atomic mass is 16.5. The number of urea groups is 1. The second kappa shape index (κ2) is 6.90. The van der Waals surface area contributed by atoms with Gasteiger partial charge in [0.25, 0.3) is 0 Å². The maximum Gasteiger partial charge on any atom is 0.338 e. The molecule has 0 saturated heterocycles. The summed E-state index contributed by atoms with van der Waals surface area (Å²) in [6.45, 7) is 0.621. The predicted octanol–water partition coefficient (Wildman–Crippen LogP) is 0.0713. The molecule has 1 aromatic carbocycles. The van der Waals surface area contributed by atoms with Crippen LogP contribution in [0.4, 0.5) is 10.5 Å². The van der Waals surface area contributed by atoms with Crippen molar-refractivity contribution in [3.05, 3.63) is 29.3 Å².